The lowest BCUT2D eigenvalue weighted by molar-refractivity contribution is 0.0795. The van der Waals surface area contributed by atoms with Gasteiger partial charge in [-0.3, -0.25) is 4.79 Å². The largest absolute Gasteiger partial charge is 0.493 e. The Bertz CT molecular complexity index is 1560. The molecule has 0 radical (unpaired) electrons. The van der Waals surface area contributed by atoms with Crippen LogP contribution in [-0.2, 0) is 6.42 Å². The molecular weight excluding hydrogens is 514 g/mol. The van der Waals surface area contributed by atoms with Crippen molar-refractivity contribution in [2.24, 2.45) is 0 Å². The number of methoxy groups -OCH3 is 5. The predicted molar refractivity (Wildman–Crippen MR) is 152 cm³/mol. The van der Waals surface area contributed by atoms with Gasteiger partial charge < -0.3 is 38.1 Å². The number of amides is 1. The summed E-state index contributed by atoms with van der Waals surface area (Å²) in [6.45, 7) is 1.32. The molecule has 1 heterocycles. The molecule has 1 amide bonds. The zero-order chi connectivity index (χ0) is 28.4. The molecule has 40 heavy (non-hydrogen) atoms. The smallest absolute Gasteiger partial charge is 0.253 e. The number of hydrogen-bond acceptors (Lipinski definition) is 8. The maximum Gasteiger partial charge on any atom is 0.253 e. The molecule has 0 fully saturated rings. The van der Waals surface area contributed by atoms with E-state index >= 15 is 0 Å². The highest BCUT2D eigenvalue weighted by molar-refractivity contribution is 6.13. The highest BCUT2D eigenvalue weighted by Crippen LogP contribution is 2.45. The molecule has 1 aliphatic rings. The second-order valence-corrected chi connectivity index (χ2v) is 9.37. The minimum atomic E-state index is -0.151. The maximum absolute atomic E-state index is 13.4. The standard InChI is InChI=1S/C31H33NO8/c1-32(31(33)20-15-25(36-4)29-27(16-20)39-11-12-40-29)10-9-19-14-26(37-5)30(38-6)28-21(19)8-7-18-13-23(34-2)24(35-3)17-22(18)28/h7-8,13-17H,9-12H2,1-6H3. The lowest BCUT2D eigenvalue weighted by atomic mass is 9.95. The average molecular weight is 548 g/mol. The van der Waals surface area contributed by atoms with Crippen molar-refractivity contribution in [3.63, 3.8) is 0 Å². The van der Waals surface area contributed by atoms with Gasteiger partial charge in [0.25, 0.3) is 5.91 Å². The first-order valence-electron chi connectivity index (χ1n) is 12.9. The van der Waals surface area contributed by atoms with E-state index in [1.165, 1.54) is 0 Å². The van der Waals surface area contributed by atoms with Gasteiger partial charge >= 0.3 is 0 Å². The molecule has 0 saturated carbocycles. The highest BCUT2D eigenvalue weighted by atomic mass is 16.6. The minimum absolute atomic E-state index is 0.151. The van der Waals surface area contributed by atoms with Crippen LogP contribution < -0.4 is 33.2 Å². The van der Waals surface area contributed by atoms with Crippen molar-refractivity contribution < 1.29 is 38.0 Å². The number of hydrogen-bond donors (Lipinski definition) is 0. The van der Waals surface area contributed by atoms with Gasteiger partial charge in [-0.1, -0.05) is 12.1 Å². The minimum Gasteiger partial charge on any atom is -0.493 e. The number of likely N-dealkylation sites (N-methyl/N-ethyl adjacent to an activating group) is 1. The van der Waals surface area contributed by atoms with Gasteiger partial charge in [-0.25, -0.2) is 0 Å². The number of fused-ring (bicyclic) bond motifs is 4. The fraction of sp³-hybridized carbons (Fsp3) is 0.323. The van der Waals surface area contributed by atoms with E-state index in [0.717, 1.165) is 27.1 Å². The number of nitrogens with zero attached hydrogens (tertiary/aromatic N) is 1. The normalized spacial score (nSPS) is 12.2. The summed E-state index contributed by atoms with van der Waals surface area (Å²) in [6, 6.07) is 13.4. The number of rotatable bonds is 9. The summed E-state index contributed by atoms with van der Waals surface area (Å²) in [5.41, 5.74) is 1.48. The Kier molecular flexibility index (Phi) is 7.64. The van der Waals surface area contributed by atoms with Gasteiger partial charge in [0.15, 0.2) is 34.5 Å². The SMILES string of the molecule is COc1cc2ccc3c(CCN(C)C(=O)c4cc(OC)c5c(c4)OCCO5)cc(OC)c(OC)c3c2cc1OC. The molecular formula is C31H33NO8. The van der Waals surface area contributed by atoms with E-state index in [4.69, 9.17) is 33.2 Å². The van der Waals surface area contributed by atoms with Crippen LogP contribution in [0.1, 0.15) is 15.9 Å². The van der Waals surface area contributed by atoms with Gasteiger partial charge in [-0.2, -0.15) is 0 Å². The first-order valence-corrected chi connectivity index (χ1v) is 12.9. The van der Waals surface area contributed by atoms with E-state index in [1.54, 1.807) is 59.6 Å². The summed E-state index contributed by atoms with van der Waals surface area (Å²) in [5.74, 6) is 3.85. The second-order valence-electron chi connectivity index (χ2n) is 9.37. The Balaban J connectivity index is 1.51. The molecule has 4 aromatic carbocycles. The van der Waals surface area contributed by atoms with Crippen molar-refractivity contribution in [3.05, 3.63) is 53.6 Å². The zero-order valence-electron chi connectivity index (χ0n) is 23.6. The molecule has 0 saturated heterocycles. The topological polar surface area (TPSA) is 84.9 Å². The molecule has 9 nitrogen and oxygen atoms in total. The molecule has 4 aromatic rings. The summed E-state index contributed by atoms with van der Waals surface area (Å²) < 4.78 is 39.5. The van der Waals surface area contributed by atoms with E-state index in [2.05, 4.69) is 6.07 Å². The van der Waals surface area contributed by atoms with Crippen molar-refractivity contribution in [1.82, 2.24) is 4.90 Å². The lowest BCUT2D eigenvalue weighted by Gasteiger charge is -2.23. The third-order valence-electron chi connectivity index (χ3n) is 7.19. The van der Waals surface area contributed by atoms with Crippen LogP contribution in [0.2, 0.25) is 0 Å². The fourth-order valence-corrected chi connectivity index (χ4v) is 5.16. The van der Waals surface area contributed by atoms with E-state index in [9.17, 15) is 4.79 Å². The van der Waals surface area contributed by atoms with Crippen LogP contribution in [0, 0.1) is 0 Å². The van der Waals surface area contributed by atoms with E-state index in [-0.39, 0.29) is 5.91 Å². The Morgan fingerprint density at radius 1 is 0.775 bits per heavy atom. The van der Waals surface area contributed by atoms with Gasteiger partial charge in [-0.15, -0.1) is 0 Å². The van der Waals surface area contributed by atoms with Gasteiger partial charge in [0.05, 0.1) is 35.5 Å². The molecule has 0 aromatic heterocycles. The molecule has 0 spiro atoms. The molecule has 0 N–H and O–H groups in total. The van der Waals surface area contributed by atoms with Gasteiger partial charge in [0.2, 0.25) is 5.75 Å². The molecule has 1 aliphatic heterocycles. The van der Waals surface area contributed by atoms with Crippen LogP contribution in [0.3, 0.4) is 0 Å². The Labute approximate surface area is 233 Å². The van der Waals surface area contributed by atoms with Gasteiger partial charge in [-0.05, 0) is 58.5 Å². The monoisotopic (exact) mass is 547 g/mol. The van der Waals surface area contributed by atoms with Crippen LogP contribution in [-0.4, -0.2) is 73.2 Å². The third-order valence-corrected chi connectivity index (χ3v) is 7.19. The van der Waals surface area contributed by atoms with Gasteiger partial charge in [0, 0.05) is 24.5 Å². The Morgan fingerprint density at radius 3 is 2.17 bits per heavy atom. The summed E-state index contributed by atoms with van der Waals surface area (Å²) in [5, 5.41) is 3.82. The zero-order valence-corrected chi connectivity index (χ0v) is 23.6. The highest BCUT2D eigenvalue weighted by Gasteiger charge is 2.23. The van der Waals surface area contributed by atoms with Crippen LogP contribution >= 0.6 is 0 Å². The molecule has 5 rings (SSSR count). The van der Waals surface area contributed by atoms with Crippen LogP contribution in [0.15, 0.2) is 42.5 Å². The van der Waals surface area contributed by atoms with Crippen molar-refractivity contribution in [1.29, 1.82) is 0 Å². The summed E-state index contributed by atoms with van der Waals surface area (Å²) in [7, 11) is 9.80. The predicted octanol–water partition coefficient (Wildman–Crippen LogP) is 5.12. The quantitative estimate of drug-likeness (QED) is 0.267. The van der Waals surface area contributed by atoms with Crippen molar-refractivity contribution in [2.45, 2.75) is 6.42 Å². The number of benzene rings is 4. The van der Waals surface area contributed by atoms with E-state index in [0.29, 0.717) is 72.0 Å². The van der Waals surface area contributed by atoms with E-state index < -0.39 is 0 Å². The second kappa shape index (κ2) is 11.3. The molecule has 0 aliphatic carbocycles. The first-order chi connectivity index (χ1) is 19.4. The van der Waals surface area contributed by atoms with Gasteiger partial charge in [0.1, 0.15) is 13.2 Å². The van der Waals surface area contributed by atoms with Crippen molar-refractivity contribution in [2.75, 3.05) is 62.4 Å². The van der Waals surface area contributed by atoms with Crippen LogP contribution in [0.5, 0.6) is 40.2 Å². The van der Waals surface area contributed by atoms with Crippen molar-refractivity contribution >= 4 is 27.5 Å². The fourth-order valence-electron chi connectivity index (χ4n) is 5.16. The first kappa shape index (κ1) is 27.1. The molecule has 210 valence electrons. The van der Waals surface area contributed by atoms with E-state index in [1.807, 2.05) is 24.3 Å². The van der Waals surface area contributed by atoms with Crippen LogP contribution in [0.4, 0.5) is 0 Å². The number of ether oxygens (including phenoxy) is 7. The van der Waals surface area contributed by atoms with Crippen molar-refractivity contribution in [3.8, 4) is 40.2 Å². The van der Waals surface area contributed by atoms with Crippen LogP contribution in [0.25, 0.3) is 21.5 Å². The molecule has 9 heteroatoms. The number of carbonyl (C=O) groups excluding carboxylic acids is 1. The Morgan fingerprint density at radius 2 is 1.48 bits per heavy atom. The molecule has 0 unspecified atom stereocenters. The molecule has 0 atom stereocenters. The maximum atomic E-state index is 13.4. The summed E-state index contributed by atoms with van der Waals surface area (Å²) in [6.07, 6.45) is 0.583. The molecule has 0 bridgehead atoms. The summed E-state index contributed by atoms with van der Waals surface area (Å²) >= 11 is 0. The number of carbonyl (C=O) groups is 1. The average Bonchev–Trinajstić information content (AvgIpc) is 3.00. The summed E-state index contributed by atoms with van der Waals surface area (Å²) in [4.78, 5) is 15.1. The third kappa shape index (κ3) is 4.72. The lowest BCUT2D eigenvalue weighted by Crippen LogP contribution is -2.29. The Hall–Kier alpha value is -4.53.